The highest BCUT2D eigenvalue weighted by molar-refractivity contribution is 5.95. The van der Waals surface area contributed by atoms with E-state index in [1.165, 1.54) is 6.39 Å². The molecule has 18 heavy (non-hydrogen) atoms. The summed E-state index contributed by atoms with van der Waals surface area (Å²) in [6.07, 6.45) is 1.84. The van der Waals surface area contributed by atoms with Gasteiger partial charge in [0.15, 0.2) is 5.82 Å². The summed E-state index contributed by atoms with van der Waals surface area (Å²) in [4.78, 5) is 15.0. The number of anilines is 1. The quantitative estimate of drug-likeness (QED) is 0.836. The van der Waals surface area contributed by atoms with E-state index in [1.807, 2.05) is 13.0 Å². The van der Waals surface area contributed by atoms with Crippen LogP contribution in [0.3, 0.4) is 0 Å². The van der Waals surface area contributed by atoms with E-state index in [1.54, 1.807) is 12.1 Å². The molecule has 1 aromatic carbocycles. The van der Waals surface area contributed by atoms with Crippen molar-refractivity contribution >= 4 is 11.7 Å². The van der Waals surface area contributed by atoms with Gasteiger partial charge in [0.25, 0.3) is 0 Å². The summed E-state index contributed by atoms with van der Waals surface area (Å²) in [5.74, 6) is -0.353. The monoisotopic (exact) mass is 247 g/mol. The average Bonchev–Trinajstić information content (AvgIpc) is 2.84. The molecule has 0 spiro atoms. The summed E-state index contributed by atoms with van der Waals surface area (Å²) in [5.41, 5.74) is 1.79. The van der Waals surface area contributed by atoms with E-state index in [2.05, 4.69) is 20.0 Å². The molecule has 6 nitrogen and oxygen atoms in total. The molecular formula is C12H13N3O3. The summed E-state index contributed by atoms with van der Waals surface area (Å²) in [6, 6.07) is 5.16. The van der Waals surface area contributed by atoms with Crippen LogP contribution in [0.5, 0.6) is 0 Å². The number of rotatable bonds is 5. The highest BCUT2D eigenvalue weighted by Gasteiger charge is 2.11. The van der Waals surface area contributed by atoms with Gasteiger partial charge in [-0.1, -0.05) is 17.3 Å². The number of hydrogen-bond acceptors (Lipinski definition) is 5. The number of benzene rings is 1. The highest BCUT2D eigenvalue weighted by Crippen LogP contribution is 2.20. The van der Waals surface area contributed by atoms with Crippen molar-refractivity contribution in [1.29, 1.82) is 0 Å². The van der Waals surface area contributed by atoms with E-state index < -0.39 is 5.97 Å². The van der Waals surface area contributed by atoms with Gasteiger partial charge in [-0.15, -0.1) is 0 Å². The molecule has 1 aromatic heterocycles. The van der Waals surface area contributed by atoms with Gasteiger partial charge in [0, 0.05) is 13.0 Å². The van der Waals surface area contributed by atoms with Crippen LogP contribution in [-0.4, -0.2) is 27.8 Å². The SMILES string of the molecule is Cc1cccc(C(=O)O)c1NCCc1ncon1. The Balaban J connectivity index is 2.06. The molecule has 2 aromatic rings. The van der Waals surface area contributed by atoms with Gasteiger partial charge in [0.05, 0.1) is 11.3 Å². The lowest BCUT2D eigenvalue weighted by molar-refractivity contribution is 0.0698. The number of nitrogens with one attached hydrogen (secondary N) is 1. The van der Waals surface area contributed by atoms with E-state index in [4.69, 9.17) is 5.11 Å². The van der Waals surface area contributed by atoms with Crippen LogP contribution in [-0.2, 0) is 6.42 Å². The van der Waals surface area contributed by atoms with E-state index in [0.717, 1.165) is 5.56 Å². The second-order valence-corrected chi connectivity index (χ2v) is 3.83. The number of aromatic carboxylic acids is 1. The Morgan fingerprint density at radius 1 is 1.50 bits per heavy atom. The topological polar surface area (TPSA) is 88.2 Å². The summed E-state index contributed by atoms with van der Waals surface area (Å²) >= 11 is 0. The summed E-state index contributed by atoms with van der Waals surface area (Å²) in [6.45, 7) is 2.41. The normalized spacial score (nSPS) is 10.3. The fraction of sp³-hybridized carbons (Fsp3) is 0.250. The molecule has 0 saturated heterocycles. The Morgan fingerprint density at radius 2 is 2.33 bits per heavy atom. The number of aromatic nitrogens is 2. The maximum atomic E-state index is 11.1. The lowest BCUT2D eigenvalue weighted by Gasteiger charge is -2.11. The maximum Gasteiger partial charge on any atom is 0.337 e. The molecule has 0 atom stereocenters. The van der Waals surface area contributed by atoms with E-state index >= 15 is 0 Å². The number of para-hydroxylation sites is 1. The van der Waals surface area contributed by atoms with Crippen LogP contribution in [0, 0.1) is 6.92 Å². The Bertz CT molecular complexity index is 538. The first-order valence-electron chi connectivity index (χ1n) is 5.50. The molecule has 0 amide bonds. The molecule has 0 saturated carbocycles. The van der Waals surface area contributed by atoms with Gasteiger partial charge in [-0.3, -0.25) is 0 Å². The van der Waals surface area contributed by atoms with E-state index in [9.17, 15) is 4.79 Å². The van der Waals surface area contributed by atoms with Crippen molar-refractivity contribution < 1.29 is 14.4 Å². The van der Waals surface area contributed by atoms with Crippen molar-refractivity contribution in [3.8, 4) is 0 Å². The van der Waals surface area contributed by atoms with E-state index in [0.29, 0.717) is 24.5 Å². The Morgan fingerprint density at radius 3 is 3.00 bits per heavy atom. The van der Waals surface area contributed by atoms with Crippen LogP contribution < -0.4 is 5.32 Å². The van der Waals surface area contributed by atoms with Crippen LogP contribution in [0.2, 0.25) is 0 Å². The third kappa shape index (κ3) is 2.65. The zero-order valence-corrected chi connectivity index (χ0v) is 9.88. The van der Waals surface area contributed by atoms with Crippen molar-refractivity contribution in [2.45, 2.75) is 13.3 Å². The van der Waals surface area contributed by atoms with Crippen molar-refractivity contribution in [3.63, 3.8) is 0 Å². The van der Waals surface area contributed by atoms with Crippen LogP contribution >= 0.6 is 0 Å². The molecule has 0 aliphatic rings. The third-order valence-corrected chi connectivity index (χ3v) is 2.56. The Labute approximate surface area is 104 Å². The summed E-state index contributed by atoms with van der Waals surface area (Å²) < 4.78 is 4.62. The molecule has 0 aliphatic heterocycles. The smallest absolute Gasteiger partial charge is 0.337 e. The predicted octanol–water partition coefficient (Wildman–Crippen LogP) is 1.73. The number of carbonyl (C=O) groups is 1. The van der Waals surface area contributed by atoms with Gasteiger partial charge in [-0.05, 0) is 18.6 Å². The predicted molar refractivity (Wildman–Crippen MR) is 64.6 cm³/mol. The lowest BCUT2D eigenvalue weighted by atomic mass is 10.1. The summed E-state index contributed by atoms with van der Waals surface area (Å²) in [5, 5.41) is 15.9. The largest absolute Gasteiger partial charge is 0.478 e. The number of aryl methyl sites for hydroxylation is 1. The standard InChI is InChI=1S/C12H13N3O3/c1-8-3-2-4-9(12(16)17)11(8)13-6-5-10-14-7-18-15-10/h2-4,7,13H,5-6H2,1H3,(H,16,17). The molecule has 2 N–H and O–H groups in total. The maximum absolute atomic E-state index is 11.1. The van der Waals surface area contributed by atoms with Gasteiger partial charge < -0.3 is 14.9 Å². The van der Waals surface area contributed by atoms with E-state index in [-0.39, 0.29) is 5.56 Å². The number of carboxylic acid groups (broad SMARTS) is 1. The molecule has 94 valence electrons. The Hall–Kier alpha value is -2.37. The Kier molecular flexibility index (Phi) is 3.57. The van der Waals surface area contributed by atoms with Crippen molar-refractivity contribution in [2.75, 3.05) is 11.9 Å². The molecule has 0 radical (unpaired) electrons. The minimum Gasteiger partial charge on any atom is -0.478 e. The average molecular weight is 247 g/mol. The molecular weight excluding hydrogens is 234 g/mol. The molecule has 6 heteroatoms. The van der Waals surface area contributed by atoms with Gasteiger partial charge in [0.1, 0.15) is 0 Å². The van der Waals surface area contributed by atoms with Crippen LogP contribution in [0.15, 0.2) is 29.1 Å². The van der Waals surface area contributed by atoms with Gasteiger partial charge in [0.2, 0.25) is 6.39 Å². The first-order chi connectivity index (χ1) is 8.68. The van der Waals surface area contributed by atoms with Crippen molar-refractivity contribution in [3.05, 3.63) is 41.5 Å². The zero-order valence-electron chi connectivity index (χ0n) is 9.88. The van der Waals surface area contributed by atoms with Gasteiger partial charge in [-0.25, -0.2) is 4.79 Å². The second kappa shape index (κ2) is 5.31. The summed E-state index contributed by atoms with van der Waals surface area (Å²) in [7, 11) is 0. The highest BCUT2D eigenvalue weighted by atomic mass is 16.5. The third-order valence-electron chi connectivity index (χ3n) is 2.56. The first-order valence-corrected chi connectivity index (χ1v) is 5.50. The van der Waals surface area contributed by atoms with Crippen LogP contribution in [0.1, 0.15) is 21.7 Å². The fourth-order valence-electron chi connectivity index (χ4n) is 1.68. The second-order valence-electron chi connectivity index (χ2n) is 3.83. The fourth-order valence-corrected chi connectivity index (χ4v) is 1.68. The minimum atomic E-state index is -0.944. The van der Waals surface area contributed by atoms with Crippen LogP contribution in [0.4, 0.5) is 5.69 Å². The first kappa shape index (κ1) is 12.1. The molecule has 0 aliphatic carbocycles. The lowest BCUT2D eigenvalue weighted by Crippen LogP contribution is -2.11. The number of nitrogens with zero attached hydrogens (tertiary/aromatic N) is 2. The van der Waals surface area contributed by atoms with Crippen molar-refractivity contribution in [2.24, 2.45) is 0 Å². The molecule has 0 unspecified atom stereocenters. The minimum absolute atomic E-state index is 0.267. The molecule has 0 bridgehead atoms. The van der Waals surface area contributed by atoms with Crippen LogP contribution in [0.25, 0.3) is 0 Å². The van der Waals surface area contributed by atoms with Gasteiger partial charge in [-0.2, -0.15) is 4.98 Å². The number of carboxylic acids is 1. The molecule has 1 heterocycles. The zero-order chi connectivity index (χ0) is 13.0. The van der Waals surface area contributed by atoms with Crippen molar-refractivity contribution in [1.82, 2.24) is 10.1 Å². The molecule has 2 rings (SSSR count). The molecule has 0 fully saturated rings. The number of hydrogen-bond donors (Lipinski definition) is 2. The van der Waals surface area contributed by atoms with Gasteiger partial charge >= 0.3 is 5.97 Å².